The Bertz CT molecular complexity index is 1560. The van der Waals surface area contributed by atoms with Crippen LogP contribution >= 0.6 is 0 Å². The van der Waals surface area contributed by atoms with E-state index in [9.17, 15) is 4.79 Å². The molecule has 0 aliphatic carbocycles. The van der Waals surface area contributed by atoms with Crippen molar-refractivity contribution in [2.45, 2.75) is 0 Å². The number of benzene rings is 3. The van der Waals surface area contributed by atoms with E-state index in [1.807, 2.05) is 65.6 Å². The number of hydrogen-bond donors (Lipinski definition) is 0. The molecule has 5 aromatic rings. The number of aromatic nitrogens is 3. The SMILES string of the molecule is COc1ccc2cc(-c3cc(C(=O)N4CCN(c5ncccn5)CC4)c4ccccc4n3)ccc2c1. The first-order chi connectivity index (χ1) is 17.7. The quantitative estimate of drug-likeness (QED) is 0.371. The van der Waals surface area contributed by atoms with E-state index in [1.165, 1.54) is 0 Å². The van der Waals surface area contributed by atoms with Crippen LogP contribution in [0, 0.1) is 0 Å². The number of pyridine rings is 1. The fraction of sp³-hybridized carbons (Fsp3) is 0.172. The lowest BCUT2D eigenvalue weighted by molar-refractivity contribution is 0.0748. The van der Waals surface area contributed by atoms with Gasteiger partial charge in [-0.25, -0.2) is 15.0 Å². The monoisotopic (exact) mass is 475 g/mol. The minimum atomic E-state index is 0.0222. The van der Waals surface area contributed by atoms with Gasteiger partial charge in [0.2, 0.25) is 5.95 Å². The van der Waals surface area contributed by atoms with Gasteiger partial charge in [-0.05, 0) is 47.2 Å². The van der Waals surface area contributed by atoms with E-state index in [1.54, 1.807) is 19.5 Å². The molecule has 7 nitrogen and oxygen atoms in total. The van der Waals surface area contributed by atoms with Gasteiger partial charge in [-0.1, -0.05) is 36.4 Å². The van der Waals surface area contributed by atoms with Gasteiger partial charge in [0.15, 0.2) is 0 Å². The number of hydrogen-bond acceptors (Lipinski definition) is 6. The summed E-state index contributed by atoms with van der Waals surface area (Å²) in [5, 5.41) is 3.05. The highest BCUT2D eigenvalue weighted by Gasteiger charge is 2.25. The number of para-hydroxylation sites is 1. The molecule has 0 unspecified atom stereocenters. The van der Waals surface area contributed by atoms with Crippen molar-refractivity contribution >= 4 is 33.5 Å². The summed E-state index contributed by atoms with van der Waals surface area (Å²) < 4.78 is 5.35. The van der Waals surface area contributed by atoms with Crippen molar-refractivity contribution in [3.05, 3.63) is 90.8 Å². The van der Waals surface area contributed by atoms with Crippen LogP contribution < -0.4 is 9.64 Å². The Labute approximate surface area is 209 Å². The predicted molar refractivity (Wildman–Crippen MR) is 141 cm³/mol. The number of carbonyl (C=O) groups excluding carboxylic acids is 1. The van der Waals surface area contributed by atoms with Crippen molar-refractivity contribution < 1.29 is 9.53 Å². The molecule has 0 N–H and O–H groups in total. The van der Waals surface area contributed by atoms with Crippen LogP contribution in [0.4, 0.5) is 5.95 Å². The first-order valence-corrected chi connectivity index (χ1v) is 12.0. The number of amides is 1. The van der Waals surface area contributed by atoms with Crippen molar-refractivity contribution in [3.63, 3.8) is 0 Å². The predicted octanol–water partition coefficient (Wildman–Crippen LogP) is 4.82. The van der Waals surface area contributed by atoms with Crippen molar-refractivity contribution in [1.29, 1.82) is 0 Å². The zero-order chi connectivity index (χ0) is 24.5. The molecule has 3 aromatic carbocycles. The van der Waals surface area contributed by atoms with Crippen LogP contribution in [0.1, 0.15) is 10.4 Å². The average molecular weight is 476 g/mol. The van der Waals surface area contributed by atoms with E-state index >= 15 is 0 Å². The Hall–Kier alpha value is -4.52. The Kier molecular flexibility index (Phi) is 5.65. The fourth-order valence-corrected chi connectivity index (χ4v) is 4.74. The molecule has 36 heavy (non-hydrogen) atoms. The Morgan fingerprint density at radius 2 is 1.58 bits per heavy atom. The molecule has 1 amide bonds. The van der Waals surface area contributed by atoms with E-state index in [-0.39, 0.29) is 5.91 Å². The van der Waals surface area contributed by atoms with Gasteiger partial charge in [-0.15, -0.1) is 0 Å². The molecule has 7 heteroatoms. The van der Waals surface area contributed by atoms with Gasteiger partial charge in [0.05, 0.1) is 23.9 Å². The Morgan fingerprint density at radius 3 is 2.39 bits per heavy atom. The maximum atomic E-state index is 13.8. The largest absolute Gasteiger partial charge is 0.497 e. The summed E-state index contributed by atoms with van der Waals surface area (Å²) in [4.78, 5) is 31.4. The van der Waals surface area contributed by atoms with Gasteiger partial charge in [0.1, 0.15) is 5.75 Å². The number of piperazine rings is 1. The van der Waals surface area contributed by atoms with E-state index in [2.05, 4.69) is 27.0 Å². The second-order valence-corrected chi connectivity index (χ2v) is 8.83. The molecule has 1 aliphatic rings. The van der Waals surface area contributed by atoms with Crippen molar-refractivity contribution in [2.24, 2.45) is 0 Å². The second-order valence-electron chi connectivity index (χ2n) is 8.83. The maximum Gasteiger partial charge on any atom is 0.254 e. The summed E-state index contributed by atoms with van der Waals surface area (Å²) in [6, 6.07) is 23.8. The number of anilines is 1. The van der Waals surface area contributed by atoms with Gasteiger partial charge >= 0.3 is 0 Å². The molecule has 0 atom stereocenters. The van der Waals surface area contributed by atoms with Gasteiger partial charge in [-0.3, -0.25) is 4.79 Å². The lowest BCUT2D eigenvalue weighted by Gasteiger charge is -2.34. The third-order valence-corrected chi connectivity index (χ3v) is 6.69. The molecule has 1 fully saturated rings. The molecule has 1 aliphatic heterocycles. The lowest BCUT2D eigenvalue weighted by atomic mass is 10.0. The average Bonchev–Trinajstić information content (AvgIpc) is 2.96. The van der Waals surface area contributed by atoms with Crippen molar-refractivity contribution in [1.82, 2.24) is 19.9 Å². The van der Waals surface area contributed by atoms with Crippen LogP contribution in [0.25, 0.3) is 32.9 Å². The topological polar surface area (TPSA) is 71.5 Å². The third kappa shape index (κ3) is 4.09. The summed E-state index contributed by atoms with van der Waals surface area (Å²) in [6.45, 7) is 2.61. The molecule has 0 bridgehead atoms. The Morgan fingerprint density at radius 1 is 0.833 bits per heavy atom. The first-order valence-electron chi connectivity index (χ1n) is 12.0. The summed E-state index contributed by atoms with van der Waals surface area (Å²) in [7, 11) is 1.67. The van der Waals surface area contributed by atoms with Gasteiger partial charge in [0, 0.05) is 49.5 Å². The summed E-state index contributed by atoms with van der Waals surface area (Å²) in [5.41, 5.74) is 3.24. The van der Waals surface area contributed by atoms with Crippen LogP contribution in [-0.2, 0) is 0 Å². The van der Waals surface area contributed by atoms with Crippen LogP contribution in [0.3, 0.4) is 0 Å². The maximum absolute atomic E-state index is 13.8. The highest BCUT2D eigenvalue weighted by Crippen LogP contribution is 2.30. The highest BCUT2D eigenvalue weighted by molar-refractivity contribution is 6.07. The van der Waals surface area contributed by atoms with Crippen LogP contribution in [0.5, 0.6) is 5.75 Å². The molecule has 6 rings (SSSR count). The smallest absolute Gasteiger partial charge is 0.254 e. The zero-order valence-corrected chi connectivity index (χ0v) is 20.0. The number of carbonyl (C=O) groups is 1. The molecular weight excluding hydrogens is 450 g/mol. The molecule has 1 saturated heterocycles. The van der Waals surface area contributed by atoms with Crippen molar-refractivity contribution in [3.8, 4) is 17.0 Å². The van der Waals surface area contributed by atoms with Crippen LogP contribution in [-0.4, -0.2) is 59.0 Å². The number of methoxy groups -OCH3 is 1. The van der Waals surface area contributed by atoms with E-state index in [0.29, 0.717) is 37.7 Å². The Balaban J connectivity index is 1.33. The van der Waals surface area contributed by atoms with E-state index in [0.717, 1.165) is 38.7 Å². The summed E-state index contributed by atoms with van der Waals surface area (Å²) >= 11 is 0. The molecule has 0 saturated carbocycles. The zero-order valence-electron chi connectivity index (χ0n) is 20.0. The van der Waals surface area contributed by atoms with Crippen LogP contribution in [0.2, 0.25) is 0 Å². The van der Waals surface area contributed by atoms with Gasteiger partial charge in [0.25, 0.3) is 5.91 Å². The van der Waals surface area contributed by atoms with E-state index in [4.69, 9.17) is 9.72 Å². The minimum Gasteiger partial charge on any atom is -0.497 e. The number of ether oxygens (including phenoxy) is 1. The minimum absolute atomic E-state index is 0.0222. The molecule has 0 spiro atoms. The molecule has 2 aromatic heterocycles. The number of rotatable bonds is 4. The standard InChI is InChI=1S/C29H25N5O2/c1-36-23-10-9-20-17-22(8-7-21(20)18-23)27-19-25(24-5-2-3-6-26(24)32-27)28(35)33-13-15-34(16-14-33)29-30-11-4-12-31-29/h2-12,17-19H,13-16H2,1H3. The first kappa shape index (κ1) is 22.0. The fourth-order valence-electron chi connectivity index (χ4n) is 4.74. The van der Waals surface area contributed by atoms with Crippen molar-refractivity contribution in [2.75, 3.05) is 38.2 Å². The van der Waals surface area contributed by atoms with E-state index < -0.39 is 0 Å². The highest BCUT2D eigenvalue weighted by atomic mass is 16.5. The summed E-state index contributed by atoms with van der Waals surface area (Å²) in [6.07, 6.45) is 3.49. The third-order valence-electron chi connectivity index (χ3n) is 6.69. The number of fused-ring (bicyclic) bond motifs is 2. The normalized spacial score (nSPS) is 13.8. The van der Waals surface area contributed by atoms with Gasteiger partial charge in [-0.2, -0.15) is 0 Å². The molecule has 0 radical (unpaired) electrons. The number of nitrogens with zero attached hydrogens (tertiary/aromatic N) is 5. The summed E-state index contributed by atoms with van der Waals surface area (Å²) in [5.74, 6) is 1.55. The molecule has 178 valence electrons. The van der Waals surface area contributed by atoms with Crippen LogP contribution in [0.15, 0.2) is 85.2 Å². The lowest BCUT2D eigenvalue weighted by Crippen LogP contribution is -2.49. The van der Waals surface area contributed by atoms with Gasteiger partial charge < -0.3 is 14.5 Å². The molecular formula is C29H25N5O2. The molecule has 3 heterocycles. The second kappa shape index (κ2) is 9.26.